The van der Waals surface area contributed by atoms with Crippen molar-refractivity contribution in [1.29, 1.82) is 5.26 Å². The zero-order chi connectivity index (χ0) is 14.5. The van der Waals surface area contributed by atoms with Crippen molar-refractivity contribution in [2.24, 2.45) is 0 Å². The zero-order valence-electron chi connectivity index (χ0n) is 11.4. The average molecular weight is 282 g/mol. The summed E-state index contributed by atoms with van der Waals surface area (Å²) in [6, 6.07) is 14.6. The Bertz CT molecular complexity index is 697. The van der Waals surface area contributed by atoms with Crippen LogP contribution >= 0.6 is 11.6 Å². The van der Waals surface area contributed by atoms with Gasteiger partial charge in [-0.3, -0.25) is 0 Å². The molecule has 0 aliphatic carbocycles. The van der Waals surface area contributed by atoms with Gasteiger partial charge in [-0.15, -0.1) is 0 Å². The topological polar surface area (TPSA) is 35.8 Å². The van der Waals surface area contributed by atoms with E-state index in [1.165, 1.54) is 11.1 Å². The Morgan fingerprint density at radius 3 is 2.70 bits per heavy atom. The van der Waals surface area contributed by atoms with Crippen LogP contribution in [0.4, 0.5) is 5.69 Å². The van der Waals surface area contributed by atoms with E-state index < -0.39 is 0 Å². The molecule has 0 fully saturated rings. The third kappa shape index (κ3) is 3.40. The first kappa shape index (κ1) is 14.2. The molecular weight excluding hydrogens is 268 g/mol. The van der Waals surface area contributed by atoms with Crippen LogP contribution in [-0.4, -0.2) is 0 Å². The van der Waals surface area contributed by atoms with Crippen molar-refractivity contribution in [3.05, 3.63) is 69.9 Å². The van der Waals surface area contributed by atoms with E-state index >= 15 is 0 Å². The molecule has 0 bridgehead atoms. The maximum absolute atomic E-state index is 9.03. The summed E-state index contributed by atoms with van der Waals surface area (Å²) in [5.74, 6) is 0. The average Bonchev–Trinajstić information content (AvgIpc) is 2.44. The van der Waals surface area contributed by atoms with Crippen molar-refractivity contribution >= 4 is 23.4 Å². The fourth-order valence-corrected chi connectivity index (χ4v) is 1.93. The van der Waals surface area contributed by atoms with Gasteiger partial charge in [-0.05, 0) is 54.8 Å². The largest absolute Gasteiger partial charge is 0.362 e. The SMILES string of the molecule is Cc1ccc(NC=Cc2ccc(Cl)[c]c2C#N)cc1C. The predicted octanol–water partition coefficient (Wildman–Crippen LogP) is 4.71. The lowest BCUT2D eigenvalue weighted by molar-refractivity contribution is 1.34. The number of anilines is 1. The molecule has 99 valence electrons. The molecule has 0 spiro atoms. The van der Waals surface area contributed by atoms with Gasteiger partial charge in [0.15, 0.2) is 0 Å². The summed E-state index contributed by atoms with van der Waals surface area (Å²) in [6.45, 7) is 4.16. The first-order valence-corrected chi connectivity index (χ1v) is 6.60. The van der Waals surface area contributed by atoms with Gasteiger partial charge in [0.1, 0.15) is 6.07 Å². The standard InChI is InChI=1S/C17H14ClN2/c1-12-3-6-17(9-13(12)2)20-8-7-14-4-5-16(18)10-15(14)11-19/h3-9,20H,1-2H3. The molecule has 0 aliphatic heterocycles. The van der Waals surface area contributed by atoms with E-state index in [1.54, 1.807) is 12.1 Å². The molecule has 0 atom stereocenters. The van der Waals surface area contributed by atoms with Crippen LogP contribution in [0.1, 0.15) is 22.3 Å². The van der Waals surface area contributed by atoms with Gasteiger partial charge < -0.3 is 5.32 Å². The Morgan fingerprint density at radius 1 is 1.20 bits per heavy atom. The van der Waals surface area contributed by atoms with Crippen molar-refractivity contribution in [1.82, 2.24) is 0 Å². The number of hydrogen-bond acceptors (Lipinski definition) is 2. The lowest BCUT2D eigenvalue weighted by atomic mass is 10.1. The van der Waals surface area contributed by atoms with E-state index in [1.807, 2.05) is 18.3 Å². The number of rotatable bonds is 3. The highest BCUT2D eigenvalue weighted by atomic mass is 35.5. The third-order valence-electron chi connectivity index (χ3n) is 3.07. The summed E-state index contributed by atoms with van der Waals surface area (Å²) in [6.07, 6.45) is 3.64. The van der Waals surface area contributed by atoms with E-state index in [-0.39, 0.29) is 0 Å². The van der Waals surface area contributed by atoms with Gasteiger partial charge in [-0.1, -0.05) is 23.7 Å². The second-order valence-corrected chi connectivity index (χ2v) is 4.93. The zero-order valence-corrected chi connectivity index (χ0v) is 12.1. The summed E-state index contributed by atoms with van der Waals surface area (Å²) in [4.78, 5) is 0. The lowest BCUT2D eigenvalue weighted by Gasteiger charge is -2.05. The molecule has 0 amide bonds. The van der Waals surface area contributed by atoms with E-state index in [0.29, 0.717) is 10.6 Å². The van der Waals surface area contributed by atoms with Crippen LogP contribution in [0.2, 0.25) is 5.02 Å². The highest BCUT2D eigenvalue weighted by molar-refractivity contribution is 6.30. The molecule has 0 aromatic heterocycles. The first-order chi connectivity index (χ1) is 9.60. The van der Waals surface area contributed by atoms with Gasteiger partial charge in [0, 0.05) is 23.0 Å². The first-order valence-electron chi connectivity index (χ1n) is 6.22. The molecule has 2 nitrogen and oxygen atoms in total. The second kappa shape index (κ2) is 6.27. The van der Waals surface area contributed by atoms with E-state index in [9.17, 15) is 0 Å². The van der Waals surface area contributed by atoms with Gasteiger partial charge in [-0.2, -0.15) is 5.26 Å². The van der Waals surface area contributed by atoms with Gasteiger partial charge >= 0.3 is 0 Å². The van der Waals surface area contributed by atoms with Crippen molar-refractivity contribution in [3.63, 3.8) is 0 Å². The molecular formula is C17H14ClN2. The minimum Gasteiger partial charge on any atom is -0.362 e. The molecule has 1 N–H and O–H groups in total. The van der Waals surface area contributed by atoms with E-state index in [2.05, 4.69) is 43.4 Å². The summed E-state index contributed by atoms with van der Waals surface area (Å²) in [7, 11) is 0. The molecule has 0 saturated heterocycles. The minimum absolute atomic E-state index is 0.440. The Balaban J connectivity index is 2.14. The van der Waals surface area contributed by atoms with Crippen LogP contribution in [0.15, 0.2) is 36.5 Å². The number of nitrogens with one attached hydrogen (secondary N) is 1. The molecule has 0 saturated carbocycles. The van der Waals surface area contributed by atoms with Crippen LogP contribution in [0.25, 0.3) is 6.08 Å². The number of nitriles is 1. The summed E-state index contributed by atoms with van der Waals surface area (Å²) >= 11 is 5.81. The lowest BCUT2D eigenvalue weighted by Crippen LogP contribution is -1.90. The monoisotopic (exact) mass is 281 g/mol. The fourth-order valence-electron chi connectivity index (χ4n) is 1.77. The highest BCUT2D eigenvalue weighted by Gasteiger charge is 2.00. The van der Waals surface area contributed by atoms with Crippen LogP contribution in [-0.2, 0) is 0 Å². The third-order valence-corrected chi connectivity index (χ3v) is 3.29. The van der Waals surface area contributed by atoms with Gasteiger partial charge in [0.05, 0.1) is 5.56 Å². The van der Waals surface area contributed by atoms with E-state index in [4.69, 9.17) is 16.9 Å². The molecule has 3 heteroatoms. The Morgan fingerprint density at radius 2 is 2.00 bits per heavy atom. The van der Waals surface area contributed by atoms with Crippen molar-refractivity contribution < 1.29 is 0 Å². The minimum atomic E-state index is 0.440. The highest BCUT2D eigenvalue weighted by Crippen LogP contribution is 2.17. The summed E-state index contributed by atoms with van der Waals surface area (Å²) < 4.78 is 0. The van der Waals surface area contributed by atoms with Gasteiger partial charge in [0.25, 0.3) is 0 Å². The number of hydrogen-bond donors (Lipinski definition) is 1. The molecule has 20 heavy (non-hydrogen) atoms. The van der Waals surface area contributed by atoms with Crippen LogP contribution < -0.4 is 5.32 Å². The second-order valence-electron chi connectivity index (χ2n) is 4.53. The molecule has 2 aromatic rings. The van der Waals surface area contributed by atoms with Crippen LogP contribution in [0.5, 0.6) is 0 Å². The van der Waals surface area contributed by atoms with Crippen molar-refractivity contribution in [3.8, 4) is 6.07 Å². The van der Waals surface area contributed by atoms with Crippen LogP contribution in [0.3, 0.4) is 0 Å². The molecule has 0 unspecified atom stereocenters. The number of nitrogens with zero attached hydrogens (tertiary/aromatic N) is 1. The molecule has 2 rings (SSSR count). The van der Waals surface area contributed by atoms with Crippen LogP contribution in [0, 0.1) is 31.2 Å². The predicted molar refractivity (Wildman–Crippen MR) is 83.6 cm³/mol. The Kier molecular flexibility index (Phi) is 4.45. The van der Waals surface area contributed by atoms with Crippen molar-refractivity contribution in [2.75, 3.05) is 5.32 Å². The van der Waals surface area contributed by atoms with E-state index in [0.717, 1.165) is 11.3 Å². The smallest absolute Gasteiger partial charge is 0.100 e. The Hall–Kier alpha value is -2.24. The number of aryl methyl sites for hydroxylation is 2. The molecule has 2 aromatic carbocycles. The normalized spacial score (nSPS) is 10.5. The summed E-state index contributed by atoms with van der Waals surface area (Å²) in [5, 5.41) is 12.7. The molecule has 0 heterocycles. The summed E-state index contributed by atoms with van der Waals surface area (Å²) in [5.41, 5.74) is 4.74. The maximum atomic E-state index is 9.03. The van der Waals surface area contributed by atoms with Crippen molar-refractivity contribution in [2.45, 2.75) is 13.8 Å². The van der Waals surface area contributed by atoms with Gasteiger partial charge in [0.2, 0.25) is 0 Å². The quantitative estimate of drug-likeness (QED) is 0.884. The fraction of sp³-hybridized carbons (Fsp3) is 0.118. The Labute approximate surface area is 124 Å². The van der Waals surface area contributed by atoms with Gasteiger partial charge in [-0.25, -0.2) is 0 Å². The molecule has 0 aliphatic rings. The molecule has 1 radical (unpaired) electrons. The number of benzene rings is 2. The maximum Gasteiger partial charge on any atom is 0.100 e. The number of halogens is 1.